The summed E-state index contributed by atoms with van der Waals surface area (Å²) in [4.78, 5) is 24.6. The molecule has 0 fully saturated rings. The number of hydrogen-bond acceptors (Lipinski definition) is 6. The lowest BCUT2D eigenvalue weighted by Gasteiger charge is -2.06. The summed E-state index contributed by atoms with van der Waals surface area (Å²) in [7, 11) is 0. The van der Waals surface area contributed by atoms with Gasteiger partial charge in [-0.3, -0.25) is 4.79 Å². The van der Waals surface area contributed by atoms with Crippen molar-refractivity contribution in [3.63, 3.8) is 0 Å². The van der Waals surface area contributed by atoms with Gasteiger partial charge in [0.1, 0.15) is 6.54 Å². The number of nitrogens with zero attached hydrogens (tertiary/aromatic N) is 6. The van der Waals surface area contributed by atoms with E-state index in [1.807, 2.05) is 24.3 Å². The maximum absolute atomic E-state index is 11.8. The Bertz CT molecular complexity index is 1090. The van der Waals surface area contributed by atoms with E-state index in [4.69, 9.17) is 16.3 Å². The highest BCUT2D eigenvalue weighted by molar-refractivity contribution is 6.28. The van der Waals surface area contributed by atoms with Crippen molar-refractivity contribution in [2.75, 3.05) is 6.61 Å². The van der Waals surface area contributed by atoms with E-state index in [0.29, 0.717) is 23.6 Å². The Balaban J connectivity index is 1.88. The van der Waals surface area contributed by atoms with E-state index in [-0.39, 0.29) is 17.8 Å². The van der Waals surface area contributed by atoms with Gasteiger partial charge >= 0.3 is 5.97 Å². The Hall–Kier alpha value is -3.00. The van der Waals surface area contributed by atoms with Crippen molar-refractivity contribution in [1.29, 1.82) is 0 Å². The fraction of sp³-hybridized carbons (Fsp3) is 0.188. The summed E-state index contributed by atoms with van der Waals surface area (Å²) >= 11 is 6.10. The number of imidazole rings is 1. The number of halogens is 1. The minimum atomic E-state index is -0.373. The van der Waals surface area contributed by atoms with Crippen LogP contribution in [0.1, 0.15) is 6.92 Å². The van der Waals surface area contributed by atoms with Crippen molar-refractivity contribution in [3.8, 4) is 5.82 Å². The fourth-order valence-electron chi connectivity index (χ4n) is 2.65. The average molecular weight is 357 g/mol. The number of ether oxygens (including phenoxy) is 1. The van der Waals surface area contributed by atoms with E-state index in [9.17, 15) is 4.79 Å². The van der Waals surface area contributed by atoms with Crippen molar-refractivity contribution in [1.82, 2.24) is 29.3 Å². The maximum Gasteiger partial charge on any atom is 0.326 e. The van der Waals surface area contributed by atoms with Crippen LogP contribution in [-0.4, -0.2) is 41.9 Å². The van der Waals surface area contributed by atoms with Gasteiger partial charge in [-0.25, -0.2) is 9.67 Å². The lowest BCUT2D eigenvalue weighted by Crippen LogP contribution is -2.13. The highest BCUT2D eigenvalue weighted by Crippen LogP contribution is 2.23. The Labute approximate surface area is 147 Å². The highest BCUT2D eigenvalue weighted by Gasteiger charge is 2.17. The van der Waals surface area contributed by atoms with Crippen molar-refractivity contribution in [3.05, 3.63) is 42.1 Å². The monoisotopic (exact) mass is 356 g/mol. The molecule has 0 saturated heterocycles. The summed E-state index contributed by atoms with van der Waals surface area (Å²) in [5, 5.41) is 5.40. The minimum Gasteiger partial charge on any atom is -0.465 e. The first-order valence-corrected chi connectivity index (χ1v) is 8.02. The molecule has 0 saturated carbocycles. The summed E-state index contributed by atoms with van der Waals surface area (Å²) < 4.78 is 8.21. The van der Waals surface area contributed by atoms with Crippen LogP contribution in [0.25, 0.3) is 27.9 Å². The van der Waals surface area contributed by atoms with Gasteiger partial charge in [-0.2, -0.15) is 15.1 Å². The van der Waals surface area contributed by atoms with Crippen LogP contribution >= 0.6 is 11.6 Å². The minimum absolute atomic E-state index is 0.00300. The third-order valence-corrected chi connectivity index (χ3v) is 3.87. The number of aromatic nitrogens is 6. The van der Waals surface area contributed by atoms with Gasteiger partial charge in [0.25, 0.3) is 0 Å². The molecule has 0 aliphatic carbocycles. The first-order valence-electron chi connectivity index (χ1n) is 7.64. The van der Waals surface area contributed by atoms with E-state index in [0.717, 1.165) is 10.9 Å². The van der Waals surface area contributed by atoms with Gasteiger partial charge in [0.2, 0.25) is 5.28 Å². The summed E-state index contributed by atoms with van der Waals surface area (Å²) in [5.74, 6) is 0.0847. The molecule has 0 N–H and O–H groups in total. The van der Waals surface area contributed by atoms with Crippen molar-refractivity contribution in [2.24, 2.45) is 0 Å². The Kier molecular flexibility index (Phi) is 3.81. The molecular formula is C16H13ClN6O2. The van der Waals surface area contributed by atoms with Gasteiger partial charge < -0.3 is 9.30 Å². The van der Waals surface area contributed by atoms with Gasteiger partial charge in [-0.05, 0) is 24.6 Å². The van der Waals surface area contributed by atoms with Crippen LogP contribution in [0.15, 0.2) is 36.8 Å². The SMILES string of the molecule is CCOC(=O)Cn1cnc2c(-n3ncc4ccccc43)nc(Cl)nc21. The predicted molar refractivity (Wildman–Crippen MR) is 91.6 cm³/mol. The number of rotatable bonds is 4. The van der Waals surface area contributed by atoms with Gasteiger partial charge in [-0.15, -0.1) is 0 Å². The molecular weight excluding hydrogens is 344 g/mol. The van der Waals surface area contributed by atoms with E-state index in [1.165, 1.54) is 6.33 Å². The zero-order valence-electron chi connectivity index (χ0n) is 13.3. The van der Waals surface area contributed by atoms with Crippen molar-refractivity contribution in [2.45, 2.75) is 13.5 Å². The number of carbonyl (C=O) groups is 1. The van der Waals surface area contributed by atoms with Crippen LogP contribution in [0.5, 0.6) is 0 Å². The Morgan fingerprint density at radius 2 is 2.12 bits per heavy atom. The standard InChI is InChI=1S/C16H13ClN6O2/c1-2-25-12(24)8-22-9-18-13-14(22)20-16(17)21-15(13)23-11-6-4-3-5-10(11)7-19-23/h3-7,9H,2,8H2,1H3. The zero-order chi connectivity index (χ0) is 17.4. The molecule has 4 rings (SSSR count). The first kappa shape index (κ1) is 15.5. The van der Waals surface area contributed by atoms with Gasteiger partial charge in [0, 0.05) is 5.39 Å². The number of benzene rings is 1. The molecule has 0 aliphatic rings. The number of hydrogen-bond donors (Lipinski definition) is 0. The molecule has 3 heterocycles. The largest absolute Gasteiger partial charge is 0.465 e. The molecule has 0 atom stereocenters. The number of para-hydroxylation sites is 1. The highest BCUT2D eigenvalue weighted by atomic mass is 35.5. The molecule has 0 amide bonds. The second kappa shape index (κ2) is 6.14. The second-order valence-corrected chi connectivity index (χ2v) is 5.62. The molecule has 0 aliphatic heterocycles. The summed E-state index contributed by atoms with van der Waals surface area (Å²) in [6, 6.07) is 7.74. The van der Waals surface area contributed by atoms with Crippen LogP contribution < -0.4 is 0 Å². The van der Waals surface area contributed by atoms with E-state index >= 15 is 0 Å². The lowest BCUT2D eigenvalue weighted by atomic mass is 10.2. The van der Waals surface area contributed by atoms with Crippen LogP contribution in [0.4, 0.5) is 0 Å². The zero-order valence-corrected chi connectivity index (χ0v) is 14.0. The lowest BCUT2D eigenvalue weighted by molar-refractivity contribution is -0.143. The molecule has 1 aromatic carbocycles. The molecule has 3 aromatic heterocycles. The van der Waals surface area contributed by atoms with Gasteiger partial charge in [0.15, 0.2) is 17.0 Å². The molecule has 25 heavy (non-hydrogen) atoms. The van der Waals surface area contributed by atoms with Gasteiger partial charge in [0.05, 0.1) is 24.6 Å². The van der Waals surface area contributed by atoms with Crippen LogP contribution in [-0.2, 0) is 16.1 Å². The van der Waals surface area contributed by atoms with E-state index in [2.05, 4.69) is 20.1 Å². The predicted octanol–water partition coefficient (Wildman–Crippen LogP) is 2.38. The van der Waals surface area contributed by atoms with E-state index in [1.54, 1.807) is 22.4 Å². The summed E-state index contributed by atoms with van der Waals surface area (Å²) in [6.45, 7) is 2.06. The number of esters is 1. The fourth-order valence-corrected chi connectivity index (χ4v) is 2.81. The summed E-state index contributed by atoms with van der Waals surface area (Å²) in [6.07, 6.45) is 3.26. The molecule has 0 radical (unpaired) electrons. The third kappa shape index (κ3) is 2.70. The van der Waals surface area contributed by atoms with Gasteiger partial charge in [-0.1, -0.05) is 18.2 Å². The number of carbonyl (C=O) groups excluding carboxylic acids is 1. The van der Waals surface area contributed by atoms with Crippen molar-refractivity contribution >= 4 is 39.6 Å². The molecule has 9 heteroatoms. The Morgan fingerprint density at radius 1 is 1.28 bits per heavy atom. The first-order chi connectivity index (χ1) is 12.2. The molecule has 0 spiro atoms. The second-order valence-electron chi connectivity index (χ2n) is 5.28. The number of fused-ring (bicyclic) bond motifs is 2. The summed E-state index contributed by atoms with van der Waals surface area (Å²) in [5.41, 5.74) is 1.82. The van der Waals surface area contributed by atoms with E-state index < -0.39 is 0 Å². The van der Waals surface area contributed by atoms with Crippen LogP contribution in [0.2, 0.25) is 5.28 Å². The smallest absolute Gasteiger partial charge is 0.326 e. The molecule has 0 unspecified atom stereocenters. The van der Waals surface area contributed by atoms with Crippen molar-refractivity contribution < 1.29 is 9.53 Å². The Morgan fingerprint density at radius 3 is 2.96 bits per heavy atom. The molecule has 4 aromatic rings. The normalized spacial score (nSPS) is 11.3. The molecule has 0 bridgehead atoms. The quantitative estimate of drug-likeness (QED) is 0.412. The molecule has 126 valence electrons. The maximum atomic E-state index is 11.8. The topological polar surface area (TPSA) is 87.7 Å². The molecule has 8 nitrogen and oxygen atoms in total. The van der Waals surface area contributed by atoms with Crippen LogP contribution in [0, 0.1) is 0 Å². The average Bonchev–Trinajstić information content (AvgIpc) is 3.19. The third-order valence-electron chi connectivity index (χ3n) is 3.70. The van der Waals surface area contributed by atoms with Crippen LogP contribution in [0.3, 0.4) is 0 Å².